The van der Waals surface area contributed by atoms with E-state index in [0.29, 0.717) is 12.8 Å². The van der Waals surface area contributed by atoms with Gasteiger partial charge in [-0.3, -0.25) is 14.6 Å². The van der Waals surface area contributed by atoms with Crippen LogP contribution in [-0.2, 0) is 11.3 Å². The van der Waals surface area contributed by atoms with Gasteiger partial charge >= 0.3 is 0 Å². The lowest BCUT2D eigenvalue weighted by Crippen LogP contribution is -2.57. The predicted molar refractivity (Wildman–Crippen MR) is 105 cm³/mol. The zero-order valence-electron chi connectivity index (χ0n) is 16.4. The average Bonchev–Trinajstić information content (AvgIpc) is 3.31. The number of likely N-dealkylation sites (tertiary alicyclic amines) is 1. The Bertz CT molecular complexity index is 743. The van der Waals surface area contributed by atoms with E-state index < -0.39 is 5.54 Å². The molecule has 1 atom stereocenters. The molecule has 1 saturated carbocycles. The van der Waals surface area contributed by atoms with Crippen LogP contribution in [0.5, 0.6) is 11.5 Å². The van der Waals surface area contributed by atoms with E-state index in [1.54, 1.807) is 0 Å². The molecule has 0 radical (unpaired) electrons. The number of hydrogen-bond donors (Lipinski definition) is 1. The Morgan fingerprint density at radius 3 is 2.68 bits per heavy atom. The molecule has 0 unspecified atom stereocenters. The van der Waals surface area contributed by atoms with Gasteiger partial charge in [0.2, 0.25) is 12.7 Å². The van der Waals surface area contributed by atoms with Crippen molar-refractivity contribution in [2.75, 3.05) is 46.1 Å². The van der Waals surface area contributed by atoms with Gasteiger partial charge in [0.05, 0.1) is 5.54 Å². The standard InChI is InChI=1S/C21H30N4O3/c22-21(5-6-21)20(26)25-7-1-2-17(14-25)24-10-8-23(9-11-24)13-16-3-4-18-19(12-16)28-15-27-18/h3-4,12,17H,1-2,5-11,13-15,22H2/t17-/m1/s1. The number of hydrogen-bond acceptors (Lipinski definition) is 6. The number of piperidine rings is 1. The molecule has 0 aromatic heterocycles. The Kier molecular flexibility index (Phi) is 4.69. The summed E-state index contributed by atoms with van der Waals surface area (Å²) >= 11 is 0. The molecule has 7 nitrogen and oxygen atoms in total. The highest BCUT2D eigenvalue weighted by Gasteiger charge is 2.49. The second-order valence-corrected chi connectivity index (χ2v) is 8.70. The summed E-state index contributed by atoms with van der Waals surface area (Å²) in [5.41, 5.74) is 6.87. The molecular weight excluding hydrogens is 356 g/mol. The summed E-state index contributed by atoms with van der Waals surface area (Å²) in [5, 5.41) is 0. The maximum absolute atomic E-state index is 12.6. The van der Waals surface area contributed by atoms with Crippen LogP contribution in [0.1, 0.15) is 31.2 Å². The van der Waals surface area contributed by atoms with Crippen molar-refractivity contribution >= 4 is 5.91 Å². The van der Waals surface area contributed by atoms with Gasteiger partial charge < -0.3 is 20.1 Å². The maximum Gasteiger partial charge on any atom is 0.242 e. The van der Waals surface area contributed by atoms with Crippen molar-refractivity contribution in [1.82, 2.24) is 14.7 Å². The van der Waals surface area contributed by atoms with Crippen molar-refractivity contribution in [1.29, 1.82) is 0 Å². The van der Waals surface area contributed by atoms with Crippen molar-refractivity contribution < 1.29 is 14.3 Å². The summed E-state index contributed by atoms with van der Waals surface area (Å²) in [7, 11) is 0. The van der Waals surface area contributed by atoms with Crippen molar-refractivity contribution in [2.45, 2.75) is 43.8 Å². The minimum absolute atomic E-state index is 0.179. The minimum atomic E-state index is -0.537. The topological polar surface area (TPSA) is 71.3 Å². The SMILES string of the molecule is NC1(C(=O)N2CCC[C@@H](N3CCN(Cc4ccc5c(c4)OCO5)CC3)C2)CC1. The zero-order valence-corrected chi connectivity index (χ0v) is 16.4. The van der Waals surface area contributed by atoms with Crippen molar-refractivity contribution in [2.24, 2.45) is 5.73 Å². The summed E-state index contributed by atoms with van der Waals surface area (Å²) in [6.45, 7) is 7.22. The van der Waals surface area contributed by atoms with Gasteiger partial charge in [0.15, 0.2) is 11.5 Å². The van der Waals surface area contributed by atoms with Crippen molar-refractivity contribution in [3.8, 4) is 11.5 Å². The molecule has 0 spiro atoms. The van der Waals surface area contributed by atoms with Crippen LogP contribution in [0.2, 0.25) is 0 Å². The number of benzene rings is 1. The lowest BCUT2D eigenvalue weighted by atomic mass is 10.0. The molecule has 3 heterocycles. The van der Waals surface area contributed by atoms with Gasteiger partial charge in [-0.25, -0.2) is 0 Å². The van der Waals surface area contributed by atoms with E-state index in [1.165, 1.54) is 12.0 Å². The van der Waals surface area contributed by atoms with E-state index in [1.807, 2.05) is 11.0 Å². The smallest absolute Gasteiger partial charge is 0.242 e. The number of carbonyl (C=O) groups is 1. The van der Waals surface area contributed by atoms with Crippen molar-refractivity contribution in [3.63, 3.8) is 0 Å². The lowest BCUT2D eigenvalue weighted by molar-refractivity contribution is -0.136. The molecule has 1 amide bonds. The molecule has 152 valence electrons. The fourth-order valence-electron chi connectivity index (χ4n) is 4.68. The molecule has 2 saturated heterocycles. The molecule has 3 aliphatic heterocycles. The van der Waals surface area contributed by atoms with E-state index in [-0.39, 0.29) is 5.91 Å². The van der Waals surface area contributed by atoms with Gasteiger partial charge in [-0.1, -0.05) is 6.07 Å². The van der Waals surface area contributed by atoms with Crippen LogP contribution in [0.4, 0.5) is 0 Å². The zero-order chi connectivity index (χ0) is 19.1. The summed E-state index contributed by atoms with van der Waals surface area (Å²) in [6, 6.07) is 6.71. The first-order valence-corrected chi connectivity index (χ1v) is 10.5. The van der Waals surface area contributed by atoms with Gasteiger partial charge in [-0.2, -0.15) is 0 Å². The molecule has 1 aromatic carbocycles. The summed E-state index contributed by atoms with van der Waals surface area (Å²) in [5.74, 6) is 1.88. The number of fused-ring (bicyclic) bond motifs is 1. The quantitative estimate of drug-likeness (QED) is 0.833. The predicted octanol–water partition coefficient (Wildman–Crippen LogP) is 1.02. The van der Waals surface area contributed by atoms with Crippen LogP contribution in [0.3, 0.4) is 0 Å². The number of carbonyl (C=O) groups excluding carboxylic acids is 1. The van der Waals surface area contributed by atoms with Crippen LogP contribution in [0.25, 0.3) is 0 Å². The number of piperazine rings is 1. The number of ether oxygens (including phenoxy) is 2. The molecule has 28 heavy (non-hydrogen) atoms. The Balaban J connectivity index is 1.13. The van der Waals surface area contributed by atoms with E-state index in [9.17, 15) is 4.79 Å². The van der Waals surface area contributed by atoms with Gasteiger partial charge in [-0.05, 0) is 43.4 Å². The summed E-state index contributed by atoms with van der Waals surface area (Å²) in [6.07, 6.45) is 3.98. The third-order valence-corrected chi connectivity index (χ3v) is 6.66. The first-order chi connectivity index (χ1) is 13.6. The van der Waals surface area contributed by atoms with Gasteiger partial charge in [0, 0.05) is 51.9 Å². The highest BCUT2D eigenvalue weighted by molar-refractivity contribution is 5.89. The maximum atomic E-state index is 12.6. The summed E-state index contributed by atoms with van der Waals surface area (Å²) in [4.78, 5) is 19.7. The molecule has 5 rings (SSSR count). The van der Waals surface area contributed by atoms with Crippen LogP contribution in [0.15, 0.2) is 18.2 Å². The molecule has 2 N–H and O–H groups in total. The second-order valence-electron chi connectivity index (χ2n) is 8.70. The molecule has 7 heteroatoms. The molecular formula is C21H30N4O3. The fourth-order valence-corrected chi connectivity index (χ4v) is 4.68. The highest BCUT2D eigenvalue weighted by Crippen LogP contribution is 2.35. The average molecular weight is 386 g/mol. The third-order valence-electron chi connectivity index (χ3n) is 6.66. The van der Waals surface area contributed by atoms with Crippen molar-refractivity contribution in [3.05, 3.63) is 23.8 Å². The minimum Gasteiger partial charge on any atom is -0.454 e. The Hall–Kier alpha value is -1.83. The van der Waals surface area contributed by atoms with E-state index in [4.69, 9.17) is 15.2 Å². The fraction of sp³-hybridized carbons (Fsp3) is 0.667. The van der Waals surface area contributed by atoms with Gasteiger partial charge in [0.25, 0.3) is 0 Å². The number of nitrogens with zero attached hydrogens (tertiary/aromatic N) is 3. The Labute approximate surface area is 166 Å². The van der Waals surface area contributed by atoms with E-state index in [0.717, 1.165) is 76.6 Å². The third kappa shape index (κ3) is 3.58. The highest BCUT2D eigenvalue weighted by atomic mass is 16.7. The first kappa shape index (κ1) is 18.2. The number of amides is 1. The van der Waals surface area contributed by atoms with Crippen LogP contribution in [-0.4, -0.2) is 78.2 Å². The van der Waals surface area contributed by atoms with Crippen LogP contribution >= 0.6 is 0 Å². The molecule has 4 aliphatic rings. The summed E-state index contributed by atoms with van der Waals surface area (Å²) < 4.78 is 10.9. The molecule has 3 fully saturated rings. The normalized spacial score (nSPS) is 27.0. The van der Waals surface area contributed by atoms with Gasteiger partial charge in [0.1, 0.15) is 0 Å². The van der Waals surface area contributed by atoms with E-state index >= 15 is 0 Å². The molecule has 1 aromatic rings. The second kappa shape index (κ2) is 7.21. The monoisotopic (exact) mass is 386 g/mol. The number of rotatable bonds is 4. The molecule has 1 aliphatic carbocycles. The van der Waals surface area contributed by atoms with Gasteiger partial charge in [-0.15, -0.1) is 0 Å². The largest absolute Gasteiger partial charge is 0.454 e. The van der Waals surface area contributed by atoms with Crippen LogP contribution < -0.4 is 15.2 Å². The lowest BCUT2D eigenvalue weighted by Gasteiger charge is -2.43. The Morgan fingerprint density at radius 1 is 1.11 bits per heavy atom. The van der Waals surface area contributed by atoms with E-state index in [2.05, 4.69) is 21.9 Å². The first-order valence-electron chi connectivity index (χ1n) is 10.5. The Morgan fingerprint density at radius 2 is 1.89 bits per heavy atom. The van der Waals surface area contributed by atoms with Crippen LogP contribution in [0, 0.1) is 0 Å². The molecule has 0 bridgehead atoms. The number of nitrogens with two attached hydrogens (primary N) is 1.